The molecule has 7 nitrogen and oxygen atoms in total. The number of nitrogens with one attached hydrogen (secondary N) is 1. The number of carboxylic acids is 1. The summed E-state index contributed by atoms with van der Waals surface area (Å²) in [6.07, 6.45) is -0.759. The van der Waals surface area contributed by atoms with Crippen molar-refractivity contribution in [2.75, 3.05) is 12.4 Å². The molecule has 0 spiro atoms. The van der Waals surface area contributed by atoms with E-state index in [4.69, 9.17) is 14.6 Å². The number of amides is 1. The second-order valence-electron chi connectivity index (χ2n) is 5.81. The van der Waals surface area contributed by atoms with Gasteiger partial charge in [0.15, 0.2) is 11.5 Å². The van der Waals surface area contributed by atoms with E-state index >= 15 is 0 Å². The molecule has 3 N–H and O–H groups in total. The molecule has 0 saturated carbocycles. The molecule has 1 aromatic carbocycles. The molecule has 22 heavy (non-hydrogen) atoms. The minimum atomic E-state index is -1.03. The fourth-order valence-electron chi connectivity index (χ4n) is 1.69. The SMILES string of the molecule is COc1cc(C(C)C(=O)O)cc(NC(=O)OC(C)(C)C)c1O. The van der Waals surface area contributed by atoms with E-state index in [9.17, 15) is 14.7 Å². The first-order chi connectivity index (χ1) is 10.0. The zero-order valence-electron chi connectivity index (χ0n) is 13.3. The molecule has 0 fully saturated rings. The number of hydrogen-bond acceptors (Lipinski definition) is 5. The zero-order valence-corrected chi connectivity index (χ0v) is 13.3. The minimum absolute atomic E-state index is 0.0247. The van der Waals surface area contributed by atoms with E-state index in [0.29, 0.717) is 5.56 Å². The Kier molecular flexibility index (Phi) is 5.24. The van der Waals surface area contributed by atoms with Crippen LogP contribution in [-0.4, -0.2) is 35.0 Å². The summed E-state index contributed by atoms with van der Waals surface area (Å²) in [5.74, 6) is -2.09. The molecule has 1 atom stereocenters. The van der Waals surface area contributed by atoms with Crippen LogP contribution in [0.25, 0.3) is 0 Å². The molecule has 0 radical (unpaired) electrons. The van der Waals surface area contributed by atoms with Crippen molar-refractivity contribution in [2.24, 2.45) is 0 Å². The fourth-order valence-corrected chi connectivity index (χ4v) is 1.69. The Morgan fingerprint density at radius 1 is 1.27 bits per heavy atom. The van der Waals surface area contributed by atoms with Crippen LogP contribution < -0.4 is 10.1 Å². The van der Waals surface area contributed by atoms with E-state index in [-0.39, 0.29) is 17.2 Å². The highest BCUT2D eigenvalue weighted by atomic mass is 16.6. The van der Waals surface area contributed by atoms with Crippen LogP contribution in [0, 0.1) is 0 Å². The van der Waals surface area contributed by atoms with Crippen LogP contribution in [0.2, 0.25) is 0 Å². The molecule has 0 aliphatic carbocycles. The van der Waals surface area contributed by atoms with Gasteiger partial charge in [0.25, 0.3) is 0 Å². The van der Waals surface area contributed by atoms with Gasteiger partial charge in [0.05, 0.1) is 18.7 Å². The predicted octanol–water partition coefficient (Wildman–Crippen LogP) is 2.94. The van der Waals surface area contributed by atoms with Gasteiger partial charge in [-0.1, -0.05) is 0 Å². The van der Waals surface area contributed by atoms with Crippen LogP contribution in [0.5, 0.6) is 11.5 Å². The van der Waals surface area contributed by atoms with E-state index < -0.39 is 23.6 Å². The van der Waals surface area contributed by atoms with Gasteiger partial charge in [-0.15, -0.1) is 0 Å². The van der Waals surface area contributed by atoms with Crippen molar-refractivity contribution in [2.45, 2.75) is 39.2 Å². The Labute approximate surface area is 128 Å². The Bertz CT molecular complexity index is 576. The highest BCUT2D eigenvalue weighted by molar-refractivity contribution is 5.88. The number of hydrogen-bond donors (Lipinski definition) is 3. The van der Waals surface area contributed by atoms with Crippen molar-refractivity contribution in [3.8, 4) is 11.5 Å². The third kappa shape index (κ3) is 4.54. The lowest BCUT2D eigenvalue weighted by Gasteiger charge is -2.20. The molecule has 1 amide bonds. The topological polar surface area (TPSA) is 105 Å². The summed E-state index contributed by atoms with van der Waals surface area (Å²) in [7, 11) is 1.33. The summed E-state index contributed by atoms with van der Waals surface area (Å²) in [4.78, 5) is 22.9. The lowest BCUT2D eigenvalue weighted by molar-refractivity contribution is -0.138. The summed E-state index contributed by atoms with van der Waals surface area (Å²) >= 11 is 0. The van der Waals surface area contributed by atoms with Crippen LogP contribution in [0.15, 0.2) is 12.1 Å². The minimum Gasteiger partial charge on any atom is -0.503 e. The van der Waals surface area contributed by atoms with Gasteiger partial charge < -0.3 is 19.7 Å². The molecule has 1 rings (SSSR count). The molecule has 0 saturated heterocycles. The predicted molar refractivity (Wildman–Crippen MR) is 80.6 cm³/mol. The monoisotopic (exact) mass is 311 g/mol. The van der Waals surface area contributed by atoms with Crippen molar-refractivity contribution < 1.29 is 29.3 Å². The zero-order chi connectivity index (χ0) is 17.1. The number of phenols is 1. The Morgan fingerprint density at radius 2 is 1.86 bits per heavy atom. The van der Waals surface area contributed by atoms with Gasteiger partial charge in [0, 0.05) is 0 Å². The van der Waals surface area contributed by atoms with Crippen LogP contribution >= 0.6 is 0 Å². The van der Waals surface area contributed by atoms with Crippen LogP contribution in [0.4, 0.5) is 10.5 Å². The van der Waals surface area contributed by atoms with Gasteiger partial charge in [0.2, 0.25) is 0 Å². The lowest BCUT2D eigenvalue weighted by Crippen LogP contribution is -2.27. The number of aliphatic carboxylic acids is 1. The van der Waals surface area contributed by atoms with Crippen LogP contribution in [0.3, 0.4) is 0 Å². The molecule has 1 aromatic rings. The average molecular weight is 311 g/mol. The number of ether oxygens (including phenoxy) is 2. The first-order valence-corrected chi connectivity index (χ1v) is 6.69. The Morgan fingerprint density at radius 3 is 2.32 bits per heavy atom. The summed E-state index contributed by atoms with van der Waals surface area (Å²) in [6, 6.07) is 2.79. The van der Waals surface area contributed by atoms with Gasteiger partial charge in [-0.3, -0.25) is 10.1 Å². The maximum absolute atomic E-state index is 11.8. The average Bonchev–Trinajstić information content (AvgIpc) is 2.37. The molecule has 0 aromatic heterocycles. The third-order valence-electron chi connectivity index (χ3n) is 2.82. The van der Waals surface area contributed by atoms with Gasteiger partial charge in [-0.05, 0) is 45.4 Å². The first kappa shape index (κ1) is 17.6. The third-order valence-corrected chi connectivity index (χ3v) is 2.82. The molecule has 0 aliphatic rings. The number of carbonyl (C=O) groups excluding carboxylic acids is 1. The van der Waals surface area contributed by atoms with Gasteiger partial charge >= 0.3 is 12.1 Å². The summed E-state index contributed by atoms with van der Waals surface area (Å²) < 4.78 is 10.1. The maximum Gasteiger partial charge on any atom is 0.412 e. The van der Waals surface area contributed by atoms with Gasteiger partial charge in [-0.2, -0.15) is 0 Å². The van der Waals surface area contributed by atoms with Crippen LogP contribution in [-0.2, 0) is 9.53 Å². The standard InChI is InChI=1S/C15H21NO6/c1-8(13(18)19)9-6-10(12(17)11(7-9)21-5)16-14(20)22-15(2,3)4/h6-8,17H,1-5H3,(H,16,20)(H,18,19). The number of anilines is 1. The number of phenolic OH excluding ortho intramolecular Hbond substituents is 1. The Hall–Kier alpha value is -2.44. The van der Waals surface area contributed by atoms with Gasteiger partial charge in [-0.25, -0.2) is 4.79 Å². The normalized spacial score (nSPS) is 12.4. The number of rotatable bonds is 4. The highest BCUT2D eigenvalue weighted by Gasteiger charge is 2.22. The quantitative estimate of drug-likeness (QED) is 0.738. The number of benzene rings is 1. The molecular formula is C15H21NO6. The van der Waals surface area contributed by atoms with Crippen molar-refractivity contribution in [1.82, 2.24) is 0 Å². The first-order valence-electron chi connectivity index (χ1n) is 6.69. The summed E-state index contributed by atoms with van der Waals surface area (Å²) in [5.41, 5.74) is -0.291. The molecule has 7 heteroatoms. The van der Waals surface area contributed by atoms with Crippen LogP contribution in [0.1, 0.15) is 39.2 Å². The van der Waals surface area contributed by atoms with E-state index in [2.05, 4.69) is 5.32 Å². The fraction of sp³-hybridized carbons (Fsp3) is 0.467. The smallest absolute Gasteiger partial charge is 0.412 e. The van der Waals surface area contributed by atoms with E-state index in [0.717, 1.165) is 0 Å². The number of methoxy groups -OCH3 is 1. The van der Waals surface area contributed by atoms with Gasteiger partial charge in [0.1, 0.15) is 5.60 Å². The number of aromatic hydroxyl groups is 1. The van der Waals surface area contributed by atoms with Crippen molar-refractivity contribution in [3.05, 3.63) is 17.7 Å². The molecular weight excluding hydrogens is 290 g/mol. The number of carbonyl (C=O) groups is 2. The molecule has 0 bridgehead atoms. The van der Waals surface area contributed by atoms with E-state index in [1.807, 2.05) is 0 Å². The van der Waals surface area contributed by atoms with E-state index in [1.165, 1.54) is 26.2 Å². The molecule has 1 unspecified atom stereocenters. The van der Waals surface area contributed by atoms with E-state index in [1.54, 1.807) is 20.8 Å². The molecule has 0 aliphatic heterocycles. The summed E-state index contributed by atoms with van der Waals surface area (Å²) in [5, 5.41) is 21.5. The van der Waals surface area contributed by atoms with Crippen molar-refractivity contribution >= 4 is 17.7 Å². The number of carboxylic acid groups (broad SMARTS) is 1. The second-order valence-corrected chi connectivity index (χ2v) is 5.81. The summed E-state index contributed by atoms with van der Waals surface area (Å²) in [6.45, 7) is 6.60. The Balaban J connectivity index is 3.15. The molecule has 0 heterocycles. The lowest BCUT2D eigenvalue weighted by atomic mass is 10.00. The second kappa shape index (κ2) is 6.55. The van der Waals surface area contributed by atoms with Crippen molar-refractivity contribution in [1.29, 1.82) is 0 Å². The molecule has 122 valence electrons. The highest BCUT2D eigenvalue weighted by Crippen LogP contribution is 2.37. The maximum atomic E-state index is 11.8. The largest absolute Gasteiger partial charge is 0.503 e. The van der Waals surface area contributed by atoms with Crippen molar-refractivity contribution in [3.63, 3.8) is 0 Å².